The Morgan fingerprint density at radius 2 is 1.72 bits per heavy atom. The number of nitrogens with one attached hydrogen (secondary N) is 1. The fraction of sp³-hybridized carbons (Fsp3) is 0.385. The number of aromatic nitrogens is 2. The van der Waals surface area contributed by atoms with Crippen LogP contribution in [0.25, 0.3) is 34.0 Å². The van der Waals surface area contributed by atoms with Crippen molar-refractivity contribution in [3.05, 3.63) is 45.3 Å². The summed E-state index contributed by atoms with van der Waals surface area (Å²) < 4.78 is 11.4. The molecule has 0 radical (unpaired) electrons. The van der Waals surface area contributed by atoms with Gasteiger partial charge in [0.15, 0.2) is 0 Å². The number of ether oxygens (including phenoxy) is 1. The minimum absolute atomic E-state index is 0.0264. The summed E-state index contributed by atoms with van der Waals surface area (Å²) >= 11 is 0. The fourth-order valence-electron chi connectivity index (χ4n) is 6.91. The molecule has 2 aliphatic carbocycles. The van der Waals surface area contributed by atoms with Crippen LogP contribution < -0.4 is 5.32 Å². The van der Waals surface area contributed by atoms with Gasteiger partial charge in [-0.2, -0.15) is 0 Å². The Morgan fingerprint density at radius 1 is 1.00 bits per heavy atom. The molecule has 6 heteroatoms. The number of amides is 2. The van der Waals surface area contributed by atoms with Gasteiger partial charge in [-0.3, -0.25) is 14.9 Å². The van der Waals surface area contributed by atoms with Crippen molar-refractivity contribution in [1.82, 2.24) is 14.5 Å². The van der Waals surface area contributed by atoms with Gasteiger partial charge in [0.2, 0.25) is 0 Å². The van der Waals surface area contributed by atoms with Crippen molar-refractivity contribution in [3.8, 4) is 0 Å². The molecular weight excluding hydrogens is 402 g/mol. The lowest BCUT2D eigenvalue weighted by Crippen LogP contribution is -2.20. The van der Waals surface area contributed by atoms with Crippen LogP contribution in [0.15, 0.2) is 11.6 Å². The summed E-state index contributed by atoms with van der Waals surface area (Å²) in [5.74, 6) is -0.138. The first-order valence-electron chi connectivity index (χ1n) is 11.7. The number of carbonyl (C=O) groups excluding carboxylic acids is 2. The molecule has 1 saturated heterocycles. The quantitative estimate of drug-likeness (QED) is 0.524. The molecule has 5 heterocycles. The Labute approximate surface area is 184 Å². The molecule has 0 spiro atoms. The molecule has 160 valence electrons. The molecule has 2 amide bonds. The van der Waals surface area contributed by atoms with Gasteiger partial charge in [0.25, 0.3) is 11.8 Å². The van der Waals surface area contributed by atoms with Gasteiger partial charge in [-0.1, -0.05) is 24.6 Å². The van der Waals surface area contributed by atoms with Gasteiger partial charge in [0.05, 0.1) is 22.2 Å². The summed E-state index contributed by atoms with van der Waals surface area (Å²) in [6, 6.07) is 0. The maximum atomic E-state index is 13.2. The summed E-state index contributed by atoms with van der Waals surface area (Å²) in [5, 5.41) is 4.54. The summed E-state index contributed by atoms with van der Waals surface area (Å²) in [5.41, 5.74) is 9.30. The fourth-order valence-corrected chi connectivity index (χ4v) is 6.91. The van der Waals surface area contributed by atoms with E-state index in [0.29, 0.717) is 17.0 Å². The number of rotatable bonds is 0. The molecule has 2 bridgehead atoms. The van der Waals surface area contributed by atoms with Gasteiger partial charge in [-0.15, -0.1) is 0 Å². The molecule has 3 atom stereocenters. The lowest BCUT2D eigenvalue weighted by atomic mass is 9.88. The van der Waals surface area contributed by atoms with Crippen LogP contribution in [0.5, 0.6) is 0 Å². The molecule has 3 aromatic rings. The molecule has 1 N–H and O–H groups in total. The molecular formula is C26H23N3O3. The van der Waals surface area contributed by atoms with Crippen molar-refractivity contribution in [1.29, 1.82) is 0 Å². The van der Waals surface area contributed by atoms with E-state index in [4.69, 9.17) is 4.74 Å². The predicted molar refractivity (Wildman–Crippen MR) is 121 cm³/mol. The van der Waals surface area contributed by atoms with Gasteiger partial charge in [0, 0.05) is 27.7 Å². The van der Waals surface area contributed by atoms with Gasteiger partial charge < -0.3 is 13.9 Å². The summed E-state index contributed by atoms with van der Waals surface area (Å²) in [4.78, 5) is 26.4. The summed E-state index contributed by atoms with van der Waals surface area (Å²) in [6.07, 6.45) is 11.3. The first-order valence-corrected chi connectivity index (χ1v) is 11.7. The predicted octanol–water partition coefficient (Wildman–Crippen LogP) is 4.86. The monoisotopic (exact) mass is 425 g/mol. The second-order valence-corrected chi connectivity index (χ2v) is 10.1. The highest BCUT2D eigenvalue weighted by Gasteiger charge is 2.44. The van der Waals surface area contributed by atoms with Crippen LogP contribution in [-0.4, -0.2) is 20.9 Å². The van der Waals surface area contributed by atoms with E-state index in [9.17, 15) is 9.59 Å². The Kier molecular flexibility index (Phi) is 2.96. The number of imide groups is 1. The highest BCUT2D eigenvalue weighted by atomic mass is 16.5. The molecule has 32 heavy (non-hydrogen) atoms. The molecule has 1 aromatic carbocycles. The Morgan fingerprint density at radius 3 is 2.53 bits per heavy atom. The molecule has 1 unspecified atom stereocenters. The van der Waals surface area contributed by atoms with Crippen LogP contribution in [0.2, 0.25) is 0 Å². The van der Waals surface area contributed by atoms with Crippen molar-refractivity contribution in [2.75, 3.05) is 0 Å². The average Bonchev–Trinajstić information content (AvgIpc) is 3.46. The Balaban J connectivity index is 1.71. The van der Waals surface area contributed by atoms with Crippen molar-refractivity contribution in [2.45, 2.75) is 58.4 Å². The minimum Gasteiger partial charge on any atom is -0.335 e. The number of benzene rings is 1. The largest absolute Gasteiger partial charge is 0.335 e. The standard InChI is InChI=1S/C26H23N3O3/c1-11-3-5-15-13(9-11)19-21-22(26(31)27-25(21)30)20-14-10-12(2)4-6-16(14)29-18-8-7-17(32-18)28(15)23(19)24(20)29/h3,5,10-11,17-18H,4,6-9H2,1-2H3,(H,27,30,31)/t11?,17-,18+/m1/s1. The summed E-state index contributed by atoms with van der Waals surface area (Å²) in [7, 11) is 0. The van der Waals surface area contributed by atoms with Crippen LogP contribution in [-0.2, 0) is 17.6 Å². The highest BCUT2D eigenvalue weighted by molar-refractivity contribution is 6.35. The van der Waals surface area contributed by atoms with E-state index >= 15 is 0 Å². The lowest BCUT2D eigenvalue weighted by molar-refractivity contribution is -0.0282. The molecule has 2 aromatic heterocycles. The number of hydrogen-bond donors (Lipinski definition) is 1. The normalized spacial score (nSPS) is 27.1. The zero-order valence-corrected chi connectivity index (χ0v) is 18.1. The maximum absolute atomic E-state index is 13.2. The van der Waals surface area contributed by atoms with E-state index in [2.05, 4.69) is 46.5 Å². The van der Waals surface area contributed by atoms with Gasteiger partial charge in [-0.25, -0.2) is 0 Å². The van der Waals surface area contributed by atoms with Crippen molar-refractivity contribution >= 4 is 45.8 Å². The van der Waals surface area contributed by atoms with Gasteiger partial charge in [0.1, 0.15) is 12.5 Å². The number of allylic oxidation sites excluding steroid dienone is 2. The lowest BCUT2D eigenvalue weighted by Gasteiger charge is -2.21. The van der Waals surface area contributed by atoms with E-state index in [1.54, 1.807) is 0 Å². The zero-order chi connectivity index (χ0) is 21.5. The SMILES string of the molecule is CC1=Cc2c(n3c4c2c2c(c5c6c(n(c54)[C@H]4CC[C@@H]3O4)C=CC(C)C6)C(=O)NC2=O)CC1. The number of nitrogens with zero attached hydrogens (tertiary/aromatic N) is 2. The smallest absolute Gasteiger partial charge is 0.259 e. The number of carbonyl (C=O) groups is 2. The first kappa shape index (κ1) is 17.4. The second kappa shape index (κ2) is 5.44. The number of fused-ring (bicyclic) bond motifs is 13. The third-order valence-electron chi connectivity index (χ3n) is 8.16. The van der Waals surface area contributed by atoms with E-state index in [0.717, 1.165) is 65.2 Å². The molecule has 3 aliphatic heterocycles. The molecule has 5 aliphatic rings. The van der Waals surface area contributed by atoms with E-state index in [1.807, 2.05) is 0 Å². The topological polar surface area (TPSA) is 65.3 Å². The van der Waals surface area contributed by atoms with Gasteiger partial charge in [-0.05, 0) is 56.6 Å². The minimum atomic E-state index is -0.264. The van der Waals surface area contributed by atoms with Crippen LogP contribution in [0.3, 0.4) is 0 Å². The molecule has 0 saturated carbocycles. The Bertz CT molecular complexity index is 1530. The van der Waals surface area contributed by atoms with Crippen molar-refractivity contribution in [3.63, 3.8) is 0 Å². The van der Waals surface area contributed by atoms with E-state index < -0.39 is 0 Å². The molecule has 6 nitrogen and oxygen atoms in total. The van der Waals surface area contributed by atoms with Crippen molar-refractivity contribution in [2.24, 2.45) is 5.92 Å². The Hall–Kier alpha value is -3.12. The zero-order valence-electron chi connectivity index (χ0n) is 18.1. The third-order valence-corrected chi connectivity index (χ3v) is 8.16. The second-order valence-electron chi connectivity index (χ2n) is 10.1. The van der Waals surface area contributed by atoms with E-state index in [1.165, 1.54) is 16.8 Å². The average molecular weight is 425 g/mol. The first-order chi connectivity index (χ1) is 15.5. The summed E-state index contributed by atoms with van der Waals surface area (Å²) in [6.45, 7) is 4.35. The number of hydrogen-bond acceptors (Lipinski definition) is 3. The third kappa shape index (κ3) is 1.80. The van der Waals surface area contributed by atoms with Crippen LogP contribution >= 0.6 is 0 Å². The van der Waals surface area contributed by atoms with Crippen LogP contribution in [0.1, 0.15) is 88.8 Å². The maximum Gasteiger partial charge on any atom is 0.259 e. The van der Waals surface area contributed by atoms with Crippen LogP contribution in [0.4, 0.5) is 0 Å². The van der Waals surface area contributed by atoms with Crippen molar-refractivity contribution < 1.29 is 14.3 Å². The van der Waals surface area contributed by atoms with Crippen LogP contribution in [0, 0.1) is 5.92 Å². The molecule has 8 rings (SSSR count). The van der Waals surface area contributed by atoms with Gasteiger partial charge >= 0.3 is 0 Å². The highest BCUT2D eigenvalue weighted by Crippen LogP contribution is 2.53. The van der Waals surface area contributed by atoms with E-state index in [-0.39, 0.29) is 24.3 Å². The molecule has 1 fully saturated rings.